The van der Waals surface area contributed by atoms with Crippen molar-refractivity contribution in [3.63, 3.8) is 0 Å². The lowest BCUT2D eigenvalue weighted by atomic mass is 10.2. The van der Waals surface area contributed by atoms with Gasteiger partial charge in [-0.3, -0.25) is 24.0 Å². The fourth-order valence-corrected chi connectivity index (χ4v) is 4.72. The van der Waals surface area contributed by atoms with Gasteiger partial charge >= 0.3 is 0 Å². The average molecular weight is 452 g/mol. The third-order valence-corrected chi connectivity index (χ3v) is 6.43. The molecule has 0 aliphatic carbocycles. The fourth-order valence-electron chi connectivity index (χ4n) is 3.58. The number of benzene rings is 1. The summed E-state index contributed by atoms with van der Waals surface area (Å²) in [5.74, 6) is -0.438. The zero-order valence-corrected chi connectivity index (χ0v) is 18.2. The lowest BCUT2D eigenvalue weighted by Gasteiger charge is -2.22. The Balaban J connectivity index is 1.59. The second-order valence-electron chi connectivity index (χ2n) is 7.35. The zero-order chi connectivity index (χ0) is 22.5. The summed E-state index contributed by atoms with van der Waals surface area (Å²) in [6.07, 6.45) is 7.27. The van der Waals surface area contributed by atoms with E-state index in [0.717, 1.165) is 18.4 Å². The first-order valence-electron chi connectivity index (χ1n) is 10.3. The molecule has 2 aromatic heterocycles. The Morgan fingerprint density at radius 1 is 1.16 bits per heavy atom. The molecule has 0 N–H and O–H groups in total. The van der Waals surface area contributed by atoms with Gasteiger partial charge in [0.05, 0.1) is 5.25 Å². The van der Waals surface area contributed by atoms with Crippen LogP contribution in [-0.2, 0) is 11.3 Å². The predicted molar refractivity (Wildman–Crippen MR) is 119 cm³/mol. The first kappa shape index (κ1) is 21.9. The highest BCUT2D eigenvalue weighted by Gasteiger charge is 2.33. The minimum Gasteiger partial charge on any atom is -0.298 e. The van der Waals surface area contributed by atoms with Gasteiger partial charge in [-0.15, -0.1) is 16.8 Å². The van der Waals surface area contributed by atoms with Crippen LogP contribution in [0.3, 0.4) is 0 Å². The van der Waals surface area contributed by atoms with Crippen molar-refractivity contribution in [1.29, 1.82) is 0 Å². The lowest BCUT2D eigenvalue weighted by Crippen LogP contribution is -2.41. The molecule has 1 unspecified atom stereocenters. The molecule has 32 heavy (non-hydrogen) atoms. The van der Waals surface area contributed by atoms with Crippen LogP contribution in [0.1, 0.15) is 29.6 Å². The Morgan fingerprint density at radius 2 is 1.91 bits per heavy atom. The molecular weight excluding hydrogens is 429 g/mol. The summed E-state index contributed by atoms with van der Waals surface area (Å²) in [4.78, 5) is 31.6. The second kappa shape index (κ2) is 9.86. The van der Waals surface area contributed by atoms with E-state index in [1.807, 2.05) is 16.7 Å². The lowest BCUT2D eigenvalue weighted by molar-refractivity contribution is -0.127. The molecule has 1 atom stereocenters. The summed E-state index contributed by atoms with van der Waals surface area (Å²) >= 11 is 1.31. The van der Waals surface area contributed by atoms with E-state index in [1.54, 1.807) is 18.5 Å². The Hall–Kier alpha value is -3.33. The van der Waals surface area contributed by atoms with Gasteiger partial charge in [-0.1, -0.05) is 24.3 Å². The molecule has 1 aromatic carbocycles. The number of carbonyl (C=O) groups excluding carboxylic acids is 2. The van der Waals surface area contributed by atoms with Crippen molar-refractivity contribution < 1.29 is 14.0 Å². The van der Waals surface area contributed by atoms with Crippen LogP contribution in [0.25, 0.3) is 11.4 Å². The summed E-state index contributed by atoms with van der Waals surface area (Å²) in [5, 5.41) is 8.75. The average Bonchev–Trinajstić information content (AvgIpc) is 3.11. The third-order valence-electron chi connectivity index (χ3n) is 5.19. The number of likely N-dealkylation sites (tertiary alicyclic amines) is 1. The van der Waals surface area contributed by atoms with E-state index in [9.17, 15) is 14.0 Å². The van der Waals surface area contributed by atoms with Crippen LogP contribution in [-0.4, -0.2) is 48.3 Å². The summed E-state index contributed by atoms with van der Waals surface area (Å²) in [5.41, 5.74) is 1.15. The number of nitrogens with zero attached hydrogens (tertiary/aromatic N) is 5. The summed E-state index contributed by atoms with van der Waals surface area (Å²) in [7, 11) is 0. The normalized spacial score (nSPS) is 16.6. The third kappa shape index (κ3) is 4.62. The van der Waals surface area contributed by atoms with Crippen molar-refractivity contribution in [2.45, 2.75) is 36.2 Å². The van der Waals surface area contributed by atoms with Crippen molar-refractivity contribution in [2.75, 3.05) is 6.54 Å². The number of imide groups is 1. The minimum absolute atomic E-state index is 0.263. The van der Waals surface area contributed by atoms with Crippen LogP contribution in [0.5, 0.6) is 0 Å². The van der Waals surface area contributed by atoms with E-state index >= 15 is 0 Å². The van der Waals surface area contributed by atoms with Crippen molar-refractivity contribution in [3.8, 4) is 11.4 Å². The smallest absolute Gasteiger partial charge is 0.260 e. The monoisotopic (exact) mass is 451 g/mol. The number of aromatic nitrogens is 4. The Labute approximate surface area is 189 Å². The van der Waals surface area contributed by atoms with Crippen LogP contribution >= 0.6 is 11.8 Å². The Morgan fingerprint density at radius 3 is 2.62 bits per heavy atom. The molecule has 3 heterocycles. The number of pyridine rings is 1. The van der Waals surface area contributed by atoms with E-state index < -0.39 is 17.0 Å². The van der Waals surface area contributed by atoms with Crippen LogP contribution in [0.2, 0.25) is 0 Å². The Kier molecular flexibility index (Phi) is 6.75. The molecule has 1 aliphatic heterocycles. The van der Waals surface area contributed by atoms with Crippen molar-refractivity contribution in [3.05, 3.63) is 72.8 Å². The molecule has 2 amide bonds. The second-order valence-corrected chi connectivity index (χ2v) is 8.52. The van der Waals surface area contributed by atoms with Crippen molar-refractivity contribution >= 4 is 23.6 Å². The number of carbonyl (C=O) groups is 2. The highest BCUT2D eigenvalue weighted by Crippen LogP contribution is 2.32. The van der Waals surface area contributed by atoms with Gasteiger partial charge in [-0.05, 0) is 49.2 Å². The molecule has 1 saturated heterocycles. The van der Waals surface area contributed by atoms with Crippen molar-refractivity contribution in [2.24, 2.45) is 0 Å². The first-order chi connectivity index (χ1) is 15.6. The maximum atomic E-state index is 13.3. The van der Waals surface area contributed by atoms with E-state index in [4.69, 9.17) is 0 Å². The van der Waals surface area contributed by atoms with Gasteiger partial charge in [0.15, 0.2) is 11.0 Å². The maximum Gasteiger partial charge on any atom is 0.260 e. The van der Waals surface area contributed by atoms with Gasteiger partial charge < -0.3 is 0 Å². The molecule has 0 radical (unpaired) electrons. The van der Waals surface area contributed by atoms with Gasteiger partial charge in [-0.25, -0.2) is 4.39 Å². The van der Waals surface area contributed by atoms with Crippen LogP contribution in [0.4, 0.5) is 4.39 Å². The van der Waals surface area contributed by atoms with E-state index in [1.165, 1.54) is 40.9 Å². The predicted octanol–water partition coefficient (Wildman–Crippen LogP) is 3.98. The van der Waals surface area contributed by atoms with Gasteiger partial charge in [0.2, 0.25) is 5.91 Å². The van der Waals surface area contributed by atoms with Gasteiger partial charge in [0.25, 0.3) is 5.91 Å². The molecule has 7 nitrogen and oxygen atoms in total. The molecule has 0 spiro atoms. The number of allylic oxidation sites excluding steroid dienone is 1. The van der Waals surface area contributed by atoms with Gasteiger partial charge in [0.1, 0.15) is 5.82 Å². The Bertz CT molecular complexity index is 1120. The van der Waals surface area contributed by atoms with Crippen molar-refractivity contribution in [1.82, 2.24) is 24.6 Å². The number of thioether (sulfide) groups is 1. The number of hydrogen-bond acceptors (Lipinski definition) is 6. The van der Waals surface area contributed by atoms with Crippen LogP contribution < -0.4 is 0 Å². The molecule has 1 fully saturated rings. The number of hydrogen-bond donors (Lipinski definition) is 0. The van der Waals surface area contributed by atoms with E-state index in [-0.39, 0.29) is 5.91 Å². The highest BCUT2D eigenvalue weighted by molar-refractivity contribution is 8.00. The molecule has 3 aromatic rings. The molecule has 9 heteroatoms. The molecule has 4 rings (SSSR count). The highest BCUT2D eigenvalue weighted by atomic mass is 32.2. The molecule has 0 saturated carbocycles. The van der Waals surface area contributed by atoms with Gasteiger partial charge in [-0.2, -0.15) is 0 Å². The van der Waals surface area contributed by atoms with Crippen LogP contribution in [0.15, 0.2) is 66.6 Å². The number of halogens is 1. The van der Waals surface area contributed by atoms with Gasteiger partial charge in [0, 0.05) is 36.6 Å². The summed E-state index contributed by atoms with van der Waals surface area (Å²) in [6.45, 7) is 4.64. The maximum absolute atomic E-state index is 13.3. The summed E-state index contributed by atoms with van der Waals surface area (Å²) < 4.78 is 15.1. The molecule has 1 aliphatic rings. The van der Waals surface area contributed by atoms with E-state index in [0.29, 0.717) is 36.1 Å². The summed E-state index contributed by atoms with van der Waals surface area (Å²) in [6, 6.07) is 8.94. The zero-order valence-electron chi connectivity index (χ0n) is 17.4. The molecule has 164 valence electrons. The number of amides is 2. The number of rotatable bonds is 6. The standard InChI is InChI=1S/C23H22FN5O2S/c1-2-14-28-20(16-10-12-25-13-11-16)26-27-23(28)32-19-5-3-4-15-29(22(19)31)21(30)17-6-8-18(24)9-7-17/h2,6-13,19H,1,3-5,14-15H2. The molecule has 0 bridgehead atoms. The SMILES string of the molecule is C=CCn1c(SC2CCCCN(C(=O)c3ccc(F)cc3)C2=O)nnc1-c1ccncc1. The fraction of sp³-hybridized carbons (Fsp3) is 0.261. The van der Waals surface area contributed by atoms with E-state index in [2.05, 4.69) is 21.8 Å². The first-order valence-corrected chi connectivity index (χ1v) is 11.2. The minimum atomic E-state index is -0.472. The quantitative estimate of drug-likeness (QED) is 0.417. The largest absolute Gasteiger partial charge is 0.298 e. The molecular formula is C23H22FN5O2S. The topological polar surface area (TPSA) is 81.0 Å². The van der Waals surface area contributed by atoms with Crippen LogP contribution in [0, 0.1) is 5.82 Å².